The quantitative estimate of drug-likeness (QED) is 0.500. The van der Waals surface area contributed by atoms with Crippen molar-refractivity contribution in [3.63, 3.8) is 0 Å². The molecule has 0 unspecified atom stereocenters. The van der Waals surface area contributed by atoms with Gasteiger partial charge >= 0.3 is 0 Å². The van der Waals surface area contributed by atoms with Crippen LogP contribution in [0.25, 0.3) is 0 Å². The van der Waals surface area contributed by atoms with E-state index in [-0.39, 0.29) is 23.7 Å². The highest BCUT2D eigenvalue weighted by Gasteiger charge is 2.36. The summed E-state index contributed by atoms with van der Waals surface area (Å²) in [6.45, 7) is 3.86. The van der Waals surface area contributed by atoms with Crippen molar-refractivity contribution in [3.8, 4) is 11.5 Å². The predicted octanol–water partition coefficient (Wildman–Crippen LogP) is 2.28. The van der Waals surface area contributed by atoms with Crippen LogP contribution in [0.15, 0.2) is 18.2 Å². The molecule has 0 radical (unpaired) electrons. The Hall–Kier alpha value is -2.77. The molecule has 164 valence electrons. The normalized spacial score (nSPS) is 16.7. The minimum atomic E-state index is -0.428. The second-order valence-electron chi connectivity index (χ2n) is 7.88. The molecule has 1 aromatic carbocycles. The number of nitrogens with one attached hydrogen (secondary N) is 2. The number of hydrazine groups is 1. The fourth-order valence-electron chi connectivity index (χ4n) is 3.50. The molecule has 0 bridgehead atoms. The number of carbonyl (C=O) groups excluding carboxylic acids is 3. The van der Waals surface area contributed by atoms with Gasteiger partial charge in [-0.2, -0.15) is 0 Å². The molecule has 3 rings (SSSR count). The third kappa shape index (κ3) is 5.64. The van der Waals surface area contributed by atoms with Crippen molar-refractivity contribution in [1.82, 2.24) is 15.8 Å². The molecule has 0 spiro atoms. The van der Waals surface area contributed by atoms with Crippen LogP contribution in [0.5, 0.6) is 11.5 Å². The van der Waals surface area contributed by atoms with Gasteiger partial charge in [-0.3, -0.25) is 25.2 Å². The molecular formula is C22H31N3O5. The van der Waals surface area contributed by atoms with Gasteiger partial charge in [-0.05, 0) is 50.3 Å². The van der Waals surface area contributed by atoms with Crippen LogP contribution in [0.4, 0.5) is 0 Å². The number of amides is 3. The molecule has 1 saturated heterocycles. The van der Waals surface area contributed by atoms with Gasteiger partial charge in [0, 0.05) is 30.5 Å². The first kappa shape index (κ1) is 21.9. The Kier molecular flexibility index (Phi) is 7.54. The summed E-state index contributed by atoms with van der Waals surface area (Å²) in [5, 5.41) is 0. The van der Waals surface area contributed by atoms with E-state index in [0.717, 1.165) is 25.7 Å². The van der Waals surface area contributed by atoms with E-state index < -0.39 is 5.91 Å². The first-order valence-electron chi connectivity index (χ1n) is 10.7. The number of benzene rings is 1. The SMILES string of the molecule is CCCCOc1ccc(C(=O)NNC(=O)C2CCN(C(=O)C3CC3)CC2)cc1OC. The molecule has 1 heterocycles. The lowest BCUT2D eigenvalue weighted by Gasteiger charge is -2.31. The highest BCUT2D eigenvalue weighted by Crippen LogP contribution is 2.32. The molecule has 2 N–H and O–H groups in total. The van der Waals surface area contributed by atoms with E-state index in [1.807, 2.05) is 4.90 Å². The average Bonchev–Trinajstić information content (AvgIpc) is 3.62. The topological polar surface area (TPSA) is 97.0 Å². The van der Waals surface area contributed by atoms with Gasteiger partial charge in [0.25, 0.3) is 5.91 Å². The van der Waals surface area contributed by atoms with E-state index >= 15 is 0 Å². The molecule has 1 aliphatic heterocycles. The lowest BCUT2D eigenvalue weighted by molar-refractivity contribution is -0.136. The van der Waals surface area contributed by atoms with Gasteiger partial charge in [0.05, 0.1) is 13.7 Å². The van der Waals surface area contributed by atoms with Gasteiger partial charge < -0.3 is 14.4 Å². The van der Waals surface area contributed by atoms with E-state index in [1.165, 1.54) is 7.11 Å². The van der Waals surface area contributed by atoms with Crippen LogP contribution in [0, 0.1) is 11.8 Å². The van der Waals surface area contributed by atoms with Crippen molar-refractivity contribution in [2.45, 2.75) is 45.4 Å². The van der Waals surface area contributed by atoms with Crippen molar-refractivity contribution in [1.29, 1.82) is 0 Å². The average molecular weight is 418 g/mol. The van der Waals surface area contributed by atoms with Crippen LogP contribution in [0.3, 0.4) is 0 Å². The zero-order chi connectivity index (χ0) is 21.5. The first-order valence-corrected chi connectivity index (χ1v) is 10.7. The number of likely N-dealkylation sites (tertiary alicyclic amines) is 1. The molecule has 0 aromatic heterocycles. The molecule has 2 aliphatic rings. The van der Waals surface area contributed by atoms with E-state index in [1.54, 1.807) is 18.2 Å². The summed E-state index contributed by atoms with van der Waals surface area (Å²) in [6.07, 6.45) is 5.16. The number of nitrogens with zero attached hydrogens (tertiary/aromatic N) is 1. The van der Waals surface area contributed by atoms with Crippen LogP contribution in [0.2, 0.25) is 0 Å². The molecule has 8 heteroatoms. The van der Waals surface area contributed by atoms with Crippen molar-refractivity contribution in [2.24, 2.45) is 11.8 Å². The van der Waals surface area contributed by atoms with Crippen molar-refractivity contribution in [3.05, 3.63) is 23.8 Å². The maximum atomic E-state index is 12.4. The van der Waals surface area contributed by atoms with Gasteiger partial charge in [0.2, 0.25) is 11.8 Å². The van der Waals surface area contributed by atoms with Crippen LogP contribution in [-0.2, 0) is 9.59 Å². The Balaban J connectivity index is 1.46. The molecule has 2 fully saturated rings. The fourth-order valence-corrected chi connectivity index (χ4v) is 3.50. The molecule has 30 heavy (non-hydrogen) atoms. The summed E-state index contributed by atoms with van der Waals surface area (Å²) in [5.74, 6) is 0.610. The summed E-state index contributed by atoms with van der Waals surface area (Å²) in [6, 6.07) is 4.91. The van der Waals surface area contributed by atoms with Gasteiger partial charge in [-0.15, -0.1) is 0 Å². The molecule has 1 aliphatic carbocycles. The molecule has 1 aromatic rings. The zero-order valence-corrected chi connectivity index (χ0v) is 17.7. The Labute approximate surface area is 177 Å². The number of rotatable bonds is 8. The van der Waals surface area contributed by atoms with Crippen molar-refractivity contribution < 1.29 is 23.9 Å². The van der Waals surface area contributed by atoms with Gasteiger partial charge in [-0.25, -0.2) is 0 Å². The second-order valence-corrected chi connectivity index (χ2v) is 7.88. The number of ether oxygens (including phenoxy) is 2. The highest BCUT2D eigenvalue weighted by atomic mass is 16.5. The summed E-state index contributed by atoms with van der Waals surface area (Å²) in [7, 11) is 1.52. The Bertz CT molecular complexity index is 770. The summed E-state index contributed by atoms with van der Waals surface area (Å²) >= 11 is 0. The van der Waals surface area contributed by atoms with Crippen LogP contribution >= 0.6 is 0 Å². The number of unbranched alkanes of at least 4 members (excludes halogenated alkanes) is 1. The zero-order valence-electron chi connectivity index (χ0n) is 17.7. The molecule has 0 atom stereocenters. The van der Waals surface area contributed by atoms with Crippen molar-refractivity contribution in [2.75, 3.05) is 26.8 Å². The monoisotopic (exact) mass is 417 g/mol. The summed E-state index contributed by atoms with van der Waals surface area (Å²) in [4.78, 5) is 38.8. The number of methoxy groups -OCH3 is 1. The summed E-state index contributed by atoms with van der Waals surface area (Å²) < 4.78 is 11.0. The lowest BCUT2D eigenvalue weighted by Crippen LogP contribution is -2.48. The van der Waals surface area contributed by atoms with Crippen LogP contribution in [0.1, 0.15) is 55.8 Å². The Morgan fingerprint density at radius 3 is 2.40 bits per heavy atom. The lowest BCUT2D eigenvalue weighted by atomic mass is 9.96. The highest BCUT2D eigenvalue weighted by molar-refractivity contribution is 5.96. The number of carbonyl (C=O) groups is 3. The van der Waals surface area contributed by atoms with E-state index in [4.69, 9.17) is 9.47 Å². The van der Waals surface area contributed by atoms with Gasteiger partial charge in [0.1, 0.15) is 0 Å². The Morgan fingerprint density at radius 1 is 1.03 bits per heavy atom. The molecule has 3 amide bonds. The van der Waals surface area contributed by atoms with Gasteiger partial charge in [0.15, 0.2) is 11.5 Å². The van der Waals surface area contributed by atoms with Crippen molar-refractivity contribution >= 4 is 17.7 Å². The van der Waals surface area contributed by atoms with Crippen LogP contribution in [-0.4, -0.2) is 49.4 Å². The standard InChI is InChI=1S/C22H31N3O5/c1-3-4-13-30-18-8-7-17(14-19(18)29-2)21(27)24-23-20(26)15-9-11-25(12-10-15)22(28)16-5-6-16/h7-8,14-16H,3-6,9-13H2,1-2H3,(H,23,26)(H,24,27). The van der Waals surface area contributed by atoms with E-state index in [9.17, 15) is 14.4 Å². The number of hydrogen-bond acceptors (Lipinski definition) is 5. The first-order chi connectivity index (χ1) is 14.5. The fraction of sp³-hybridized carbons (Fsp3) is 0.591. The van der Waals surface area contributed by atoms with E-state index in [2.05, 4.69) is 17.8 Å². The third-order valence-electron chi connectivity index (χ3n) is 5.58. The molecular weight excluding hydrogens is 386 g/mol. The third-order valence-corrected chi connectivity index (χ3v) is 5.58. The molecule has 1 saturated carbocycles. The predicted molar refractivity (Wildman–Crippen MR) is 111 cm³/mol. The molecule has 8 nitrogen and oxygen atoms in total. The minimum Gasteiger partial charge on any atom is -0.493 e. The number of hydrogen-bond donors (Lipinski definition) is 2. The summed E-state index contributed by atoms with van der Waals surface area (Å²) in [5.41, 5.74) is 5.34. The smallest absolute Gasteiger partial charge is 0.269 e. The van der Waals surface area contributed by atoms with E-state index in [0.29, 0.717) is 49.6 Å². The Morgan fingerprint density at radius 2 is 1.77 bits per heavy atom. The second kappa shape index (κ2) is 10.3. The largest absolute Gasteiger partial charge is 0.493 e. The van der Waals surface area contributed by atoms with Gasteiger partial charge in [-0.1, -0.05) is 13.3 Å². The maximum Gasteiger partial charge on any atom is 0.269 e. The minimum absolute atomic E-state index is 0.204. The van der Waals surface area contributed by atoms with Crippen LogP contribution < -0.4 is 20.3 Å². The number of piperidine rings is 1. The maximum absolute atomic E-state index is 12.4.